The van der Waals surface area contributed by atoms with E-state index in [0.717, 1.165) is 11.8 Å². The molecular formula is C19H38. The quantitative estimate of drug-likeness (QED) is 0.349. The van der Waals surface area contributed by atoms with Crippen molar-refractivity contribution in [1.82, 2.24) is 0 Å². The Labute approximate surface area is 122 Å². The zero-order valence-electron chi connectivity index (χ0n) is 13.8. The van der Waals surface area contributed by atoms with Gasteiger partial charge in [-0.2, -0.15) is 0 Å². The van der Waals surface area contributed by atoms with Crippen molar-refractivity contribution in [3.05, 3.63) is 0 Å². The van der Waals surface area contributed by atoms with Gasteiger partial charge in [-0.05, 0) is 18.3 Å². The molecule has 0 aromatic carbocycles. The van der Waals surface area contributed by atoms with E-state index < -0.39 is 0 Å². The van der Waals surface area contributed by atoms with E-state index in [0.29, 0.717) is 0 Å². The van der Waals surface area contributed by atoms with Crippen LogP contribution in [-0.2, 0) is 0 Å². The molecule has 0 aromatic rings. The molecule has 1 fully saturated rings. The standard InChI is InChI=1S/C19H38/c1-3-4-5-6-7-8-9-10-11-12-15-19-16-13-14-18(2)17-19/h18-19H,3-17H2,1-2H3/t18-,19+/m1/s1. The van der Waals surface area contributed by atoms with Crippen LogP contribution in [0.5, 0.6) is 0 Å². The van der Waals surface area contributed by atoms with Crippen molar-refractivity contribution >= 4 is 0 Å². The Hall–Kier alpha value is 0. The molecule has 0 bridgehead atoms. The molecule has 0 nitrogen and oxygen atoms in total. The predicted octanol–water partition coefficient (Wildman–Crippen LogP) is 7.12. The lowest BCUT2D eigenvalue weighted by molar-refractivity contribution is 0.263. The number of hydrogen-bond donors (Lipinski definition) is 0. The van der Waals surface area contributed by atoms with Crippen LogP contribution in [0.3, 0.4) is 0 Å². The lowest BCUT2D eigenvalue weighted by atomic mass is 9.80. The van der Waals surface area contributed by atoms with Gasteiger partial charge in [0, 0.05) is 0 Å². The minimum absolute atomic E-state index is 1.02. The molecule has 0 aliphatic heterocycles. The Bertz CT molecular complexity index is 184. The SMILES string of the molecule is CCCCCCCCCCCC[C@H]1CCC[C@@H](C)C1. The highest BCUT2D eigenvalue weighted by Crippen LogP contribution is 2.31. The summed E-state index contributed by atoms with van der Waals surface area (Å²) in [7, 11) is 0. The Morgan fingerprint density at radius 3 is 1.89 bits per heavy atom. The molecule has 0 saturated heterocycles. The average Bonchev–Trinajstić information content (AvgIpc) is 2.41. The fourth-order valence-corrected chi connectivity index (χ4v) is 3.74. The topological polar surface area (TPSA) is 0 Å². The van der Waals surface area contributed by atoms with Crippen molar-refractivity contribution in [2.24, 2.45) is 11.8 Å². The molecule has 0 radical (unpaired) electrons. The van der Waals surface area contributed by atoms with Crippen molar-refractivity contribution in [3.8, 4) is 0 Å². The summed E-state index contributed by atoms with van der Waals surface area (Å²) >= 11 is 0. The maximum atomic E-state index is 2.45. The zero-order chi connectivity index (χ0) is 13.8. The molecule has 0 unspecified atom stereocenters. The third-order valence-electron chi connectivity index (χ3n) is 5.01. The smallest absolute Gasteiger partial charge is 0.0412 e. The summed E-state index contributed by atoms with van der Waals surface area (Å²) in [6.07, 6.45) is 22.3. The number of rotatable bonds is 11. The van der Waals surface area contributed by atoms with Gasteiger partial charge in [-0.15, -0.1) is 0 Å². The summed E-state index contributed by atoms with van der Waals surface area (Å²) in [6, 6.07) is 0. The highest BCUT2D eigenvalue weighted by atomic mass is 14.2. The van der Waals surface area contributed by atoms with Crippen LogP contribution in [0.1, 0.15) is 110 Å². The average molecular weight is 267 g/mol. The van der Waals surface area contributed by atoms with Gasteiger partial charge in [0.05, 0.1) is 0 Å². The molecule has 1 aliphatic rings. The van der Waals surface area contributed by atoms with E-state index in [4.69, 9.17) is 0 Å². The number of unbranched alkanes of at least 4 members (excludes halogenated alkanes) is 9. The maximum absolute atomic E-state index is 2.45. The molecule has 0 heteroatoms. The third kappa shape index (κ3) is 9.52. The van der Waals surface area contributed by atoms with Crippen molar-refractivity contribution in [2.45, 2.75) is 110 Å². The van der Waals surface area contributed by atoms with E-state index in [9.17, 15) is 0 Å². The lowest BCUT2D eigenvalue weighted by Crippen LogP contribution is -2.12. The van der Waals surface area contributed by atoms with Gasteiger partial charge >= 0.3 is 0 Å². The molecule has 1 aliphatic carbocycles. The molecule has 0 amide bonds. The fourth-order valence-electron chi connectivity index (χ4n) is 3.74. The molecule has 2 atom stereocenters. The van der Waals surface area contributed by atoms with Crippen LogP contribution in [0, 0.1) is 11.8 Å². The zero-order valence-corrected chi connectivity index (χ0v) is 13.8. The normalized spacial score (nSPS) is 23.7. The van der Waals surface area contributed by atoms with E-state index in [-0.39, 0.29) is 0 Å². The highest BCUT2D eigenvalue weighted by molar-refractivity contribution is 4.70. The van der Waals surface area contributed by atoms with E-state index in [2.05, 4.69) is 13.8 Å². The van der Waals surface area contributed by atoms with Crippen LogP contribution in [-0.4, -0.2) is 0 Å². The van der Waals surface area contributed by atoms with Gasteiger partial charge in [-0.3, -0.25) is 0 Å². The monoisotopic (exact) mass is 266 g/mol. The summed E-state index contributed by atoms with van der Waals surface area (Å²) in [4.78, 5) is 0. The molecule has 0 aromatic heterocycles. The lowest BCUT2D eigenvalue weighted by Gasteiger charge is -2.26. The van der Waals surface area contributed by atoms with Crippen LogP contribution in [0.4, 0.5) is 0 Å². The summed E-state index contributed by atoms with van der Waals surface area (Å²) in [6.45, 7) is 4.75. The van der Waals surface area contributed by atoms with Crippen LogP contribution in [0.15, 0.2) is 0 Å². The van der Waals surface area contributed by atoms with Crippen molar-refractivity contribution in [2.75, 3.05) is 0 Å². The largest absolute Gasteiger partial charge is 0.0654 e. The van der Waals surface area contributed by atoms with Gasteiger partial charge in [0.15, 0.2) is 0 Å². The summed E-state index contributed by atoms with van der Waals surface area (Å²) in [5.74, 6) is 2.10. The number of hydrogen-bond acceptors (Lipinski definition) is 0. The van der Waals surface area contributed by atoms with E-state index >= 15 is 0 Å². The second kappa shape index (κ2) is 11.8. The first-order chi connectivity index (χ1) is 9.33. The summed E-state index contributed by atoms with van der Waals surface area (Å²) in [5, 5.41) is 0. The minimum atomic E-state index is 1.02. The van der Waals surface area contributed by atoms with Crippen LogP contribution < -0.4 is 0 Å². The van der Waals surface area contributed by atoms with Gasteiger partial charge in [0.25, 0.3) is 0 Å². The first-order valence-electron chi connectivity index (χ1n) is 9.33. The predicted molar refractivity (Wildman–Crippen MR) is 87.6 cm³/mol. The Morgan fingerprint density at radius 2 is 1.32 bits per heavy atom. The first-order valence-corrected chi connectivity index (χ1v) is 9.33. The van der Waals surface area contributed by atoms with Crippen LogP contribution in [0.25, 0.3) is 0 Å². The molecule has 114 valence electrons. The van der Waals surface area contributed by atoms with Gasteiger partial charge in [-0.25, -0.2) is 0 Å². The summed E-state index contributed by atoms with van der Waals surface area (Å²) < 4.78 is 0. The van der Waals surface area contributed by atoms with E-state index in [1.54, 1.807) is 0 Å². The van der Waals surface area contributed by atoms with Crippen molar-refractivity contribution < 1.29 is 0 Å². The Balaban J connectivity index is 1.78. The highest BCUT2D eigenvalue weighted by Gasteiger charge is 2.17. The van der Waals surface area contributed by atoms with Crippen LogP contribution >= 0.6 is 0 Å². The molecule has 0 N–H and O–H groups in total. The molecule has 1 rings (SSSR count). The fraction of sp³-hybridized carbons (Fsp3) is 1.00. The van der Waals surface area contributed by atoms with E-state index in [1.807, 2.05) is 0 Å². The van der Waals surface area contributed by atoms with Gasteiger partial charge in [0.1, 0.15) is 0 Å². The van der Waals surface area contributed by atoms with Gasteiger partial charge in [0.2, 0.25) is 0 Å². The molecule has 1 saturated carbocycles. The Kier molecular flexibility index (Phi) is 10.6. The minimum Gasteiger partial charge on any atom is -0.0654 e. The Morgan fingerprint density at radius 1 is 0.737 bits per heavy atom. The van der Waals surface area contributed by atoms with Crippen molar-refractivity contribution in [1.29, 1.82) is 0 Å². The second-order valence-corrected chi connectivity index (χ2v) is 7.11. The molecular weight excluding hydrogens is 228 g/mol. The van der Waals surface area contributed by atoms with Gasteiger partial charge in [-0.1, -0.05) is 104 Å². The summed E-state index contributed by atoms with van der Waals surface area (Å²) in [5.41, 5.74) is 0. The molecule has 0 spiro atoms. The van der Waals surface area contributed by atoms with Gasteiger partial charge < -0.3 is 0 Å². The second-order valence-electron chi connectivity index (χ2n) is 7.11. The third-order valence-corrected chi connectivity index (χ3v) is 5.01. The maximum Gasteiger partial charge on any atom is -0.0412 e. The molecule has 19 heavy (non-hydrogen) atoms. The first kappa shape index (κ1) is 17.1. The van der Waals surface area contributed by atoms with E-state index in [1.165, 1.54) is 96.3 Å². The van der Waals surface area contributed by atoms with Crippen LogP contribution in [0.2, 0.25) is 0 Å². The van der Waals surface area contributed by atoms with Crippen molar-refractivity contribution in [3.63, 3.8) is 0 Å². The molecule has 0 heterocycles.